The zero-order valence-electron chi connectivity index (χ0n) is 11.2. The minimum absolute atomic E-state index is 0.0897. The summed E-state index contributed by atoms with van der Waals surface area (Å²) in [6, 6.07) is 2.76. The molecule has 0 unspecified atom stereocenters. The molecule has 0 atom stereocenters. The largest absolute Gasteiger partial charge is 0.419 e. The summed E-state index contributed by atoms with van der Waals surface area (Å²) in [4.78, 5) is 7.83. The van der Waals surface area contributed by atoms with Crippen LogP contribution in [0.5, 0.6) is 0 Å². The number of alkyl halides is 3. The van der Waals surface area contributed by atoms with Gasteiger partial charge in [-0.15, -0.1) is 0 Å². The molecule has 1 heterocycles. The molecule has 2 aromatic rings. The average molecular weight is 319 g/mol. The van der Waals surface area contributed by atoms with Crippen LogP contribution in [0.3, 0.4) is 0 Å². The summed E-state index contributed by atoms with van der Waals surface area (Å²) in [6.07, 6.45) is -3.60. The maximum atomic E-state index is 13.3. The molecule has 0 fully saturated rings. The van der Waals surface area contributed by atoms with E-state index in [4.69, 9.17) is 11.6 Å². The van der Waals surface area contributed by atoms with Crippen LogP contribution in [0.4, 0.5) is 17.6 Å². The van der Waals surface area contributed by atoms with Crippen LogP contribution in [-0.2, 0) is 6.18 Å². The topological polar surface area (TPSA) is 25.8 Å². The van der Waals surface area contributed by atoms with Crippen molar-refractivity contribution in [3.63, 3.8) is 0 Å². The van der Waals surface area contributed by atoms with Gasteiger partial charge in [-0.05, 0) is 24.1 Å². The zero-order valence-corrected chi connectivity index (χ0v) is 11.9. The Labute approximate surface area is 123 Å². The maximum absolute atomic E-state index is 13.3. The van der Waals surface area contributed by atoms with Crippen molar-refractivity contribution in [3.05, 3.63) is 46.6 Å². The minimum Gasteiger partial charge on any atom is -0.236 e. The van der Waals surface area contributed by atoms with Crippen LogP contribution >= 0.6 is 11.6 Å². The van der Waals surface area contributed by atoms with E-state index in [-0.39, 0.29) is 22.3 Å². The van der Waals surface area contributed by atoms with E-state index in [9.17, 15) is 17.6 Å². The fourth-order valence-corrected chi connectivity index (χ4v) is 2.36. The lowest BCUT2D eigenvalue weighted by Gasteiger charge is -2.14. The van der Waals surface area contributed by atoms with Crippen molar-refractivity contribution in [2.75, 3.05) is 0 Å². The van der Waals surface area contributed by atoms with E-state index in [1.807, 2.05) is 13.8 Å². The molecule has 2 nitrogen and oxygen atoms in total. The van der Waals surface area contributed by atoms with E-state index in [2.05, 4.69) is 9.97 Å². The first-order valence-corrected chi connectivity index (χ1v) is 6.47. The molecule has 0 saturated carbocycles. The summed E-state index contributed by atoms with van der Waals surface area (Å²) in [6.45, 7) is 3.64. The molecule has 0 radical (unpaired) electrons. The standard InChI is InChI=1S/C14H11ClF4N2/c1-7(2)11-12(20-6-21-13(11)15)8-3-4-10(16)9(5-8)14(17,18)19/h3-7H,1-2H3. The van der Waals surface area contributed by atoms with Crippen LogP contribution in [0.25, 0.3) is 11.3 Å². The second-order valence-electron chi connectivity index (χ2n) is 4.77. The highest BCUT2D eigenvalue weighted by molar-refractivity contribution is 6.30. The zero-order chi connectivity index (χ0) is 15.8. The fourth-order valence-electron chi connectivity index (χ4n) is 2.01. The van der Waals surface area contributed by atoms with Crippen molar-refractivity contribution in [2.45, 2.75) is 25.9 Å². The lowest BCUT2D eigenvalue weighted by molar-refractivity contribution is -0.139. The molecule has 0 aliphatic rings. The van der Waals surface area contributed by atoms with E-state index < -0.39 is 17.6 Å². The van der Waals surface area contributed by atoms with E-state index >= 15 is 0 Å². The first-order chi connectivity index (χ1) is 9.71. The molecule has 1 aromatic carbocycles. The molecular formula is C14H11ClF4N2. The molecule has 112 valence electrons. The monoisotopic (exact) mass is 318 g/mol. The SMILES string of the molecule is CC(C)c1c(Cl)ncnc1-c1ccc(F)c(C(F)(F)F)c1. The second-order valence-corrected chi connectivity index (χ2v) is 5.13. The van der Waals surface area contributed by atoms with Gasteiger partial charge in [0.2, 0.25) is 0 Å². The summed E-state index contributed by atoms with van der Waals surface area (Å²) in [5.41, 5.74) is -0.379. The summed E-state index contributed by atoms with van der Waals surface area (Å²) in [7, 11) is 0. The number of benzene rings is 1. The van der Waals surface area contributed by atoms with E-state index in [0.717, 1.165) is 12.1 Å². The quantitative estimate of drug-likeness (QED) is 0.570. The van der Waals surface area contributed by atoms with Crippen LogP contribution in [0.2, 0.25) is 5.15 Å². The summed E-state index contributed by atoms with van der Waals surface area (Å²) < 4.78 is 51.7. The van der Waals surface area contributed by atoms with Crippen LogP contribution in [0.15, 0.2) is 24.5 Å². The van der Waals surface area contributed by atoms with Crippen LogP contribution in [0.1, 0.15) is 30.9 Å². The van der Waals surface area contributed by atoms with Crippen LogP contribution < -0.4 is 0 Å². The summed E-state index contributed by atoms with van der Waals surface area (Å²) in [5, 5.41) is 0.174. The van der Waals surface area contributed by atoms with E-state index in [0.29, 0.717) is 5.56 Å². The normalized spacial score (nSPS) is 12.0. The first-order valence-electron chi connectivity index (χ1n) is 6.09. The molecule has 0 saturated heterocycles. The highest BCUT2D eigenvalue weighted by Crippen LogP contribution is 2.36. The Morgan fingerprint density at radius 1 is 1.14 bits per heavy atom. The van der Waals surface area contributed by atoms with Crippen LogP contribution in [0, 0.1) is 5.82 Å². The Bertz CT molecular complexity index is 669. The number of aromatic nitrogens is 2. The lowest BCUT2D eigenvalue weighted by Crippen LogP contribution is -2.08. The van der Waals surface area contributed by atoms with Gasteiger partial charge in [-0.3, -0.25) is 0 Å². The van der Waals surface area contributed by atoms with Gasteiger partial charge >= 0.3 is 6.18 Å². The van der Waals surface area contributed by atoms with Crippen molar-refractivity contribution in [2.24, 2.45) is 0 Å². The highest BCUT2D eigenvalue weighted by Gasteiger charge is 2.34. The third kappa shape index (κ3) is 3.15. The molecule has 0 spiro atoms. The Morgan fingerprint density at radius 2 is 1.81 bits per heavy atom. The predicted octanol–water partition coefficient (Wildman–Crippen LogP) is 5.08. The molecule has 7 heteroatoms. The van der Waals surface area contributed by atoms with Crippen molar-refractivity contribution in [1.29, 1.82) is 0 Å². The molecule has 0 aliphatic carbocycles. The Morgan fingerprint density at radius 3 is 2.38 bits per heavy atom. The van der Waals surface area contributed by atoms with Crippen molar-refractivity contribution in [1.82, 2.24) is 9.97 Å². The van der Waals surface area contributed by atoms with Gasteiger partial charge in [0.1, 0.15) is 17.3 Å². The molecule has 0 amide bonds. The number of rotatable bonds is 2. The average Bonchev–Trinajstić information content (AvgIpc) is 2.37. The minimum atomic E-state index is -4.77. The van der Waals surface area contributed by atoms with Crippen molar-refractivity contribution < 1.29 is 17.6 Å². The van der Waals surface area contributed by atoms with Crippen molar-refractivity contribution in [3.8, 4) is 11.3 Å². The number of hydrogen-bond acceptors (Lipinski definition) is 2. The molecule has 0 N–H and O–H groups in total. The Hall–Kier alpha value is -1.69. The van der Waals surface area contributed by atoms with Crippen LogP contribution in [-0.4, -0.2) is 9.97 Å². The molecule has 2 rings (SSSR count). The number of halogens is 5. The summed E-state index contributed by atoms with van der Waals surface area (Å²) in [5.74, 6) is -1.41. The second kappa shape index (κ2) is 5.60. The lowest BCUT2D eigenvalue weighted by atomic mass is 9.97. The highest BCUT2D eigenvalue weighted by atomic mass is 35.5. The molecular weight excluding hydrogens is 308 g/mol. The molecule has 1 aromatic heterocycles. The Kier molecular flexibility index (Phi) is 4.18. The third-order valence-corrected chi connectivity index (χ3v) is 3.26. The van der Waals surface area contributed by atoms with E-state index in [1.54, 1.807) is 0 Å². The Balaban J connectivity index is 2.66. The van der Waals surface area contributed by atoms with Gasteiger partial charge in [-0.1, -0.05) is 25.4 Å². The fraction of sp³-hybridized carbons (Fsp3) is 0.286. The number of nitrogens with zero attached hydrogens (tertiary/aromatic N) is 2. The van der Waals surface area contributed by atoms with Gasteiger partial charge in [-0.2, -0.15) is 13.2 Å². The third-order valence-electron chi connectivity index (χ3n) is 2.96. The molecule has 0 aliphatic heterocycles. The number of hydrogen-bond donors (Lipinski definition) is 0. The van der Waals surface area contributed by atoms with Gasteiger partial charge in [-0.25, -0.2) is 14.4 Å². The summed E-state index contributed by atoms with van der Waals surface area (Å²) >= 11 is 5.99. The van der Waals surface area contributed by atoms with Gasteiger partial charge in [0.05, 0.1) is 11.3 Å². The smallest absolute Gasteiger partial charge is 0.236 e. The molecule has 0 bridgehead atoms. The van der Waals surface area contributed by atoms with Crippen molar-refractivity contribution >= 4 is 11.6 Å². The van der Waals surface area contributed by atoms with Gasteiger partial charge < -0.3 is 0 Å². The maximum Gasteiger partial charge on any atom is 0.419 e. The van der Waals surface area contributed by atoms with E-state index in [1.165, 1.54) is 12.4 Å². The molecule has 21 heavy (non-hydrogen) atoms. The van der Waals surface area contributed by atoms with Gasteiger partial charge in [0.25, 0.3) is 0 Å². The van der Waals surface area contributed by atoms with Gasteiger partial charge in [0, 0.05) is 11.1 Å². The van der Waals surface area contributed by atoms with Gasteiger partial charge in [0.15, 0.2) is 0 Å². The predicted molar refractivity (Wildman–Crippen MR) is 71.5 cm³/mol. The first kappa shape index (κ1) is 15.7.